The molecule has 0 bridgehead atoms. The van der Waals surface area contributed by atoms with Crippen molar-refractivity contribution in [1.82, 2.24) is 25.5 Å². The highest BCUT2D eigenvalue weighted by molar-refractivity contribution is 6.15. The van der Waals surface area contributed by atoms with Crippen LogP contribution in [0.4, 0.5) is 11.4 Å². The van der Waals surface area contributed by atoms with Gasteiger partial charge >= 0.3 is 6.01 Å². The molecule has 2 unspecified atom stereocenters. The van der Waals surface area contributed by atoms with E-state index < -0.39 is 0 Å². The lowest BCUT2D eigenvalue weighted by atomic mass is 10.0. The standard InChI is InChI=1S/C23H25N7O2/c1-13-11-30(12-14(2)26-13)20-8-7-15(21-17(20)9-24-23(28-21)32-3)22(31)27-18-5-4-6-19-16(18)10-25-29-19/h4-10,13-14,26H,11-12H2,1-3H3,(H,25,29)(H,27,31). The fourth-order valence-electron chi connectivity index (χ4n) is 4.44. The quantitative estimate of drug-likeness (QED) is 0.456. The summed E-state index contributed by atoms with van der Waals surface area (Å²) in [4.78, 5) is 24.5. The van der Waals surface area contributed by atoms with Crippen molar-refractivity contribution in [3.8, 4) is 6.01 Å². The van der Waals surface area contributed by atoms with Crippen LogP contribution in [0, 0.1) is 0 Å². The maximum atomic E-state index is 13.3. The minimum atomic E-state index is -0.252. The van der Waals surface area contributed by atoms with Gasteiger partial charge in [0.2, 0.25) is 0 Å². The van der Waals surface area contributed by atoms with Gasteiger partial charge in [0.1, 0.15) is 0 Å². The number of amides is 1. The topological polar surface area (TPSA) is 108 Å². The molecule has 0 spiro atoms. The monoisotopic (exact) mass is 431 g/mol. The van der Waals surface area contributed by atoms with Gasteiger partial charge in [-0.1, -0.05) is 6.07 Å². The molecule has 1 fully saturated rings. The first kappa shape index (κ1) is 20.2. The number of H-pyrrole nitrogens is 1. The maximum absolute atomic E-state index is 13.3. The smallest absolute Gasteiger partial charge is 0.316 e. The lowest BCUT2D eigenvalue weighted by Gasteiger charge is -2.38. The van der Waals surface area contributed by atoms with Gasteiger partial charge < -0.3 is 20.3 Å². The van der Waals surface area contributed by atoms with E-state index in [1.807, 2.05) is 30.3 Å². The van der Waals surface area contributed by atoms with Crippen LogP contribution in [0.3, 0.4) is 0 Å². The van der Waals surface area contributed by atoms with Gasteiger partial charge in [-0.2, -0.15) is 10.1 Å². The summed E-state index contributed by atoms with van der Waals surface area (Å²) >= 11 is 0. The van der Waals surface area contributed by atoms with Crippen molar-refractivity contribution >= 4 is 39.1 Å². The van der Waals surface area contributed by atoms with Crippen molar-refractivity contribution in [3.63, 3.8) is 0 Å². The normalized spacial score (nSPS) is 18.8. The molecule has 1 aliphatic rings. The van der Waals surface area contributed by atoms with Gasteiger partial charge in [0.25, 0.3) is 5.91 Å². The zero-order valence-corrected chi connectivity index (χ0v) is 18.2. The SMILES string of the molecule is COc1ncc2c(N3CC(C)NC(C)C3)ccc(C(=O)Nc3cccc4[nH]ncc34)c2n1. The molecule has 2 aromatic heterocycles. The van der Waals surface area contributed by atoms with Crippen LogP contribution < -0.4 is 20.3 Å². The number of carbonyl (C=O) groups is 1. The number of nitrogens with one attached hydrogen (secondary N) is 3. The second kappa shape index (κ2) is 8.08. The Balaban J connectivity index is 1.57. The van der Waals surface area contributed by atoms with Crippen molar-refractivity contribution in [2.75, 3.05) is 30.4 Å². The summed E-state index contributed by atoms with van der Waals surface area (Å²) in [6.07, 6.45) is 3.44. The summed E-state index contributed by atoms with van der Waals surface area (Å²) in [7, 11) is 1.52. The molecule has 4 aromatic rings. The molecule has 2 aromatic carbocycles. The van der Waals surface area contributed by atoms with Crippen LogP contribution in [0.1, 0.15) is 24.2 Å². The van der Waals surface area contributed by atoms with Gasteiger partial charge in [-0.05, 0) is 38.1 Å². The Morgan fingerprint density at radius 3 is 2.72 bits per heavy atom. The van der Waals surface area contributed by atoms with Crippen molar-refractivity contribution in [3.05, 3.63) is 48.3 Å². The molecule has 3 N–H and O–H groups in total. The second-order valence-corrected chi connectivity index (χ2v) is 8.22. The van der Waals surface area contributed by atoms with Crippen LogP contribution in [-0.4, -0.2) is 58.4 Å². The predicted octanol–water partition coefficient (Wildman–Crippen LogP) is 2.95. The molecule has 1 aliphatic heterocycles. The van der Waals surface area contributed by atoms with Gasteiger partial charge in [-0.3, -0.25) is 9.89 Å². The van der Waals surface area contributed by atoms with E-state index in [0.29, 0.717) is 28.9 Å². The molecule has 1 saturated heterocycles. The van der Waals surface area contributed by atoms with Crippen molar-refractivity contribution in [2.45, 2.75) is 25.9 Å². The van der Waals surface area contributed by atoms with Crippen LogP contribution >= 0.6 is 0 Å². The molecule has 1 amide bonds. The molecular weight excluding hydrogens is 406 g/mol. The number of carbonyl (C=O) groups excluding carboxylic acids is 1. The number of aromatic amines is 1. The van der Waals surface area contributed by atoms with E-state index in [1.165, 1.54) is 7.11 Å². The van der Waals surface area contributed by atoms with Crippen LogP contribution in [0.15, 0.2) is 42.7 Å². The van der Waals surface area contributed by atoms with E-state index in [9.17, 15) is 4.79 Å². The number of nitrogens with zero attached hydrogens (tertiary/aromatic N) is 4. The number of rotatable bonds is 4. The molecule has 0 saturated carbocycles. The zero-order valence-electron chi connectivity index (χ0n) is 18.2. The van der Waals surface area contributed by atoms with E-state index in [1.54, 1.807) is 12.4 Å². The fourth-order valence-corrected chi connectivity index (χ4v) is 4.44. The molecule has 0 aliphatic carbocycles. The molecule has 2 atom stereocenters. The minimum Gasteiger partial charge on any atom is -0.467 e. The Morgan fingerprint density at radius 2 is 1.94 bits per heavy atom. The largest absolute Gasteiger partial charge is 0.467 e. The van der Waals surface area contributed by atoms with Crippen LogP contribution in [0.25, 0.3) is 21.8 Å². The van der Waals surface area contributed by atoms with Gasteiger partial charge in [-0.25, -0.2) is 4.98 Å². The minimum absolute atomic E-state index is 0.225. The van der Waals surface area contributed by atoms with Crippen LogP contribution in [0.5, 0.6) is 6.01 Å². The molecule has 0 radical (unpaired) electrons. The summed E-state index contributed by atoms with van der Waals surface area (Å²) in [5.41, 5.74) is 3.57. The zero-order chi connectivity index (χ0) is 22.2. The number of hydrogen-bond acceptors (Lipinski definition) is 7. The highest BCUT2D eigenvalue weighted by Crippen LogP contribution is 2.31. The molecule has 9 nitrogen and oxygen atoms in total. The van der Waals surface area contributed by atoms with E-state index >= 15 is 0 Å². The van der Waals surface area contributed by atoms with Crippen molar-refractivity contribution < 1.29 is 9.53 Å². The first-order chi connectivity index (χ1) is 15.5. The Morgan fingerprint density at radius 1 is 1.12 bits per heavy atom. The number of benzene rings is 2. The first-order valence-electron chi connectivity index (χ1n) is 10.6. The van der Waals surface area contributed by atoms with Gasteiger partial charge in [0.05, 0.1) is 35.6 Å². The number of methoxy groups -OCH3 is 1. The molecule has 164 valence electrons. The van der Waals surface area contributed by atoms with Crippen LogP contribution in [0.2, 0.25) is 0 Å². The molecular formula is C23H25N7O2. The third kappa shape index (κ3) is 3.60. The summed E-state index contributed by atoms with van der Waals surface area (Å²) in [5.74, 6) is -0.252. The van der Waals surface area contributed by atoms with E-state index in [4.69, 9.17) is 4.74 Å². The van der Waals surface area contributed by atoms with E-state index in [0.717, 1.165) is 35.1 Å². The predicted molar refractivity (Wildman–Crippen MR) is 124 cm³/mol. The fraction of sp³-hybridized carbons (Fsp3) is 0.304. The van der Waals surface area contributed by atoms with Crippen molar-refractivity contribution in [2.24, 2.45) is 0 Å². The molecule has 3 heterocycles. The summed E-state index contributed by atoms with van der Waals surface area (Å²) in [6.45, 7) is 6.06. The Hall–Kier alpha value is -3.72. The number of ether oxygens (including phenoxy) is 1. The van der Waals surface area contributed by atoms with Gasteiger partial charge in [-0.15, -0.1) is 0 Å². The number of aromatic nitrogens is 4. The third-order valence-corrected chi connectivity index (χ3v) is 5.76. The highest BCUT2D eigenvalue weighted by Gasteiger charge is 2.24. The Bertz CT molecular complexity index is 1290. The molecule has 5 rings (SSSR count). The Labute approximate surface area is 185 Å². The highest BCUT2D eigenvalue weighted by atomic mass is 16.5. The summed E-state index contributed by atoms with van der Waals surface area (Å²) < 4.78 is 5.25. The summed E-state index contributed by atoms with van der Waals surface area (Å²) in [5, 5.41) is 15.2. The number of anilines is 2. The maximum Gasteiger partial charge on any atom is 0.316 e. The Kier molecular flexibility index (Phi) is 5.10. The lowest BCUT2D eigenvalue weighted by molar-refractivity contribution is 0.102. The van der Waals surface area contributed by atoms with Gasteiger partial charge in [0, 0.05) is 47.8 Å². The van der Waals surface area contributed by atoms with Crippen molar-refractivity contribution in [1.29, 1.82) is 0 Å². The number of fused-ring (bicyclic) bond motifs is 2. The second-order valence-electron chi connectivity index (χ2n) is 8.22. The lowest BCUT2D eigenvalue weighted by Crippen LogP contribution is -2.54. The molecule has 9 heteroatoms. The van der Waals surface area contributed by atoms with E-state index in [-0.39, 0.29) is 11.9 Å². The number of hydrogen-bond donors (Lipinski definition) is 3. The number of piperazine rings is 1. The molecule has 32 heavy (non-hydrogen) atoms. The average molecular weight is 432 g/mol. The average Bonchev–Trinajstić information content (AvgIpc) is 3.27. The van der Waals surface area contributed by atoms with Crippen LogP contribution in [-0.2, 0) is 0 Å². The third-order valence-electron chi connectivity index (χ3n) is 5.76. The summed E-state index contributed by atoms with van der Waals surface area (Å²) in [6, 6.07) is 10.4. The first-order valence-corrected chi connectivity index (χ1v) is 10.6. The van der Waals surface area contributed by atoms with Gasteiger partial charge in [0.15, 0.2) is 0 Å². The van der Waals surface area contributed by atoms with E-state index in [2.05, 4.69) is 49.5 Å².